The Hall–Kier alpha value is -2.19. The third-order valence-corrected chi connectivity index (χ3v) is 7.42. The van der Waals surface area contributed by atoms with Gasteiger partial charge in [0.15, 0.2) is 0 Å². The molecule has 0 spiro atoms. The number of aromatic amines is 1. The highest BCUT2D eigenvalue weighted by Crippen LogP contribution is 2.27. The van der Waals surface area contributed by atoms with Crippen LogP contribution in [0, 0.1) is 33.6 Å². The molecule has 1 saturated heterocycles. The number of sulfonamides is 1. The molecular formula is C19H26N4O3S. The van der Waals surface area contributed by atoms with Gasteiger partial charge in [0.05, 0.1) is 11.4 Å². The van der Waals surface area contributed by atoms with Crippen molar-refractivity contribution in [3.63, 3.8) is 0 Å². The van der Waals surface area contributed by atoms with Gasteiger partial charge in [-0.05, 0) is 63.8 Å². The molecule has 27 heavy (non-hydrogen) atoms. The van der Waals surface area contributed by atoms with Crippen molar-refractivity contribution in [2.24, 2.45) is 5.92 Å². The van der Waals surface area contributed by atoms with E-state index in [0.717, 1.165) is 11.3 Å². The van der Waals surface area contributed by atoms with E-state index in [0.29, 0.717) is 37.3 Å². The maximum absolute atomic E-state index is 12.9. The number of nitrogens with one attached hydrogen (secondary N) is 2. The number of carbonyl (C=O) groups excluding carboxylic acids is 1. The number of hydrogen-bond donors (Lipinski definition) is 2. The number of aromatic nitrogens is 2. The van der Waals surface area contributed by atoms with Crippen LogP contribution in [0.4, 0.5) is 5.69 Å². The molecule has 1 fully saturated rings. The smallest absolute Gasteiger partial charge is 0.246 e. The second-order valence-electron chi connectivity index (χ2n) is 7.23. The number of piperidine rings is 1. The summed E-state index contributed by atoms with van der Waals surface area (Å²) in [6.45, 7) is 8.08. The van der Waals surface area contributed by atoms with E-state index in [1.54, 1.807) is 13.8 Å². The molecule has 1 amide bonds. The molecule has 0 atom stereocenters. The summed E-state index contributed by atoms with van der Waals surface area (Å²) in [4.78, 5) is 12.8. The largest absolute Gasteiger partial charge is 0.326 e. The topological polar surface area (TPSA) is 95.2 Å². The Kier molecular flexibility index (Phi) is 5.39. The SMILES string of the molecule is Cc1ccc(NC(=O)C2CCN(S(=O)(=O)c3c(C)n[nH]c3C)CC2)cc1C. The molecule has 1 aliphatic heterocycles. The van der Waals surface area contributed by atoms with Gasteiger partial charge in [-0.25, -0.2) is 8.42 Å². The maximum atomic E-state index is 12.9. The van der Waals surface area contributed by atoms with Gasteiger partial charge in [-0.3, -0.25) is 9.89 Å². The van der Waals surface area contributed by atoms with Crippen LogP contribution in [0.1, 0.15) is 35.4 Å². The van der Waals surface area contributed by atoms with Gasteiger partial charge in [0.2, 0.25) is 15.9 Å². The van der Waals surface area contributed by atoms with E-state index in [1.165, 1.54) is 9.87 Å². The Morgan fingerprint density at radius 1 is 1.15 bits per heavy atom. The van der Waals surface area contributed by atoms with E-state index in [-0.39, 0.29) is 16.7 Å². The minimum Gasteiger partial charge on any atom is -0.326 e. The Morgan fingerprint density at radius 3 is 2.37 bits per heavy atom. The minimum absolute atomic E-state index is 0.0500. The fraction of sp³-hybridized carbons (Fsp3) is 0.474. The summed E-state index contributed by atoms with van der Waals surface area (Å²) in [5.74, 6) is -0.240. The van der Waals surface area contributed by atoms with Crippen LogP contribution in [0.3, 0.4) is 0 Å². The van der Waals surface area contributed by atoms with E-state index >= 15 is 0 Å². The van der Waals surface area contributed by atoms with Gasteiger partial charge in [0.1, 0.15) is 4.90 Å². The number of anilines is 1. The number of rotatable bonds is 4. The average Bonchev–Trinajstić information content (AvgIpc) is 2.97. The van der Waals surface area contributed by atoms with Crippen LogP contribution in [0.2, 0.25) is 0 Å². The number of nitrogens with zero attached hydrogens (tertiary/aromatic N) is 2. The van der Waals surface area contributed by atoms with Crippen LogP contribution in [0.15, 0.2) is 23.1 Å². The summed E-state index contributed by atoms with van der Waals surface area (Å²) in [5, 5.41) is 9.67. The summed E-state index contributed by atoms with van der Waals surface area (Å²) in [5.41, 5.74) is 4.10. The zero-order valence-corrected chi connectivity index (χ0v) is 17.0. The second-order valence-corrected chi connectivity index (χ2v) is 9.10. The van der Waals surface area contributed by atoms with E-state index in [9.17, 15) is 13.2 Å². The Labute approximate surface area is 160 Å². The van der Waals surface area contributed by atoms with Crippen molar-refractivity contribution in [1.29, 1.82) is 0 Å². The standard InChI is InChI=1S/C19H26N4O3S/c1-12-5-6-17(11-13(12)2)20-19(24)16-7-9-23(10-8-16)27(25,26)18-14(3)21-22-15(18)4/h5-6,11,16H,7-10H2,1-4H3,(H,20,24)(H,21,22). The van der Waals surface area contributed by atoms with Gasteiger partial charge in [0.25, 0.3) is 0 Å². The van der Waals surface area contributed by atoms with Crippen molar-refractivity contribution in [2.75, 3.05) is 18.4 Å². The van der Waals surface area contributed by atoms with Crippen molar-refractivity contribution in [2.45, 2.75) is 45.4 Å². The molecular weight excluding hydrogens is 364 g/mol. The zero-order valence-electron chi connectivity index (χ0n) is 16.2. The van der Waals surface area contributed by atoms with Crippen LogP contribution in [-0.2, 0) is 14.8 Å². The number of benzene rings is 1. The van der Waals surface area contributed by atoms with Crippen LogP contribution in [-0.4, -0.2) is 41.9 Å². The molecule has 8 heteroatoms. The van der Waals surface area contributed by atoms with Gasteiger partial charge < -0.3 is 5.32 Å². The van der Waals surface area contributed by atoms with Gasteiger partial charge >= 0.3 is 0 Å². The lowest BCUT2D eigenvalue weighted by Crippen LogP contribution is -2.41. The summed E-state index contributed by atoms with van der Waals surface area (Å²) in [6, 6.07) is 5.83. The second kappa shape index (κ2) is 7.44. The first-order valence-corrected chi connectivity index (χ1v) is 10.5. The summed E-state index contributed by atoms with van der Waals surface area (Å²) in [6.07, 6.45) is 1.01. The lowest BCUT2D eigenvalue weighted by Gasteiger charge is -2.30. The number of amides is 1. The van der Waals surface area contributed by atoms with Crippen LogP contribution < -0.4 is 5.32 Å². The molecule has 0 unspecified atom stereocenters. The van der Waals surface area contributed by atoms with Crippen molar-refractivity contribution < 1.29 is 13.2 Å². The molecule has 0 saturated carbocycles. The van der Waals surface area contributed by atoms with Crippen LogP contribution in [0.5, 0.6) is 0 Å². The molecule has 0 bridgehead atoms. The van der Waals surface area contributed by atoms with Crippen molar-refractivity contribution in [3.05, 3.63) is 40.7 Å². The summed E-state index contributed by atoms with van der Waals surface area (Å²) in [7, 11) is -3.59. The average molecular weight is 391 g/mol. The third-order valence-electron chi connectivity index (χ3n) is 5.26. The molecule has 2 heterocycles. The molecule has 7 nitrogen and oxygen atoms in total. The monoisotopic (exact) mass is 390 g/mol. The molecule has 2 N–H and O–H groups in total. The highest BCUT2D eigenvalue weighted by molar-refractivity contribution is 7.89. The van der Waals surface area contributed by atoms with Crippen molar-refractivity contribution in [1.82, 2.24) is 14.5 Å². The Bertz CT molecular complexity index is 938. The number of H-pyrrole nitrogens is 1. The lowest BCUT2D eigenvalue weighted by atomic mass is 9.97. The molecule has 1 aliphatic rings. The van der Waals surface area contributed by atoms with E-state index in [4.69, 9.17) is 0 Å². The number of aryl methyl sites for hydroxylation is 4. The molecule has 0 radical (unpaired) electrons. The molecule has 0 aliphatic carbocycles. The number of carbonyl (C=O) groups is 1. The molecule has 1 aromatic carbocycles. The normalized spacial score (nSPS) is 16.4. The molecule has 2 aromatic rings. The van der Waals surface area contributed by atoms with Crippen molar-refractivity contribution in [3.8, 4) is 0 Å². The minimum atomic E-state index is -3.59. The van der Waals surface area contributed by atoms with Gasteiger partial charge in [-0.15, -0.1) is 0 Å². The molecule has 1 aromatic heterocycles. The van der Waals surface area contributed by atoms with Gasteiger partial charge in [-0.1, -0.05) is 6.07 Å². The van der Waals surface area contributed by atoms with Crippen molar-refractivity contribution >= 4 is 21.6 Å². The first-order chi connectivity index (χ1) is 12.7. The zero-order chi connectivity index (χ0) is 19.8. The van der Waals surface area contributed by atoms with E-state index in [1.807, 2.05) is 32.0 Å². The Balaban J connectivity index is 1.64. The highest BCUT2D eigenvalue weighted by atomic mass is 32.2. The third kappa shape index (κ3) is 3.91. The van der Waals surface area contributed by atoms with E-state index < -0.39 is 10.0 Å². The van der Waals surface area contributed by atoms with Crippen LogP contribution >= 0.6 is 0 Å². The fourth-order valence-corrected chi connectivity index (χ4v) is 5.27. The summed E-state index contributed by atoms with van der Waals surface area (Å²) >= 11 is 0. The molecule has 3 rings (SSSR count). The predicted octanol–water partition coefficient (Wildman–Crippen LogP) is 2.68. The molecule has 146 valence electrons. The van der Waals surface area contributed by atoms with Crippen LogP contribution in [0.25, 0.3) is 0 Å². The maximum Gasteiger partial charge on any atom is 0.246 e. The fourth-order valence-electron chi connectivity index (χ4n) is 3.47. The lowest BCUT2D eigenvalue weighted by molar-refractivity contribution is -0.120. The van der Waals surface area contributed by atoms with E-state index in [2.05, 4.69) is 15.5 Å². The quantitative estimate of drug-likeness (QED) is 0.839. The first-order valence-electron chi connectivity index (χ1n) is 9.10. The van der Waals surface area contributed by atoms with Gasteiger partial charge in [0, 0.05) is 24.7 Å². The number of hydrogen-bond acceptors (Lipinski definition) is 4. The van der Waals surface area contributed by atoms with Gasteiger partial charge in [-0.2, -0.15) is 9.40 Å². The highest BCUT2D eigenvalue weighted by Gasteiger charge is 2.34. The first kappa shape index (κ1) is 19.6. The Morgan fingerprint density at radius 2 is 1.81 bits per heavy atom. The summed E-state index contributed by atoms with van der Waals surface area (Å²) < 4.78 is 27.2. The predicted molar refractivity (Wildman–Crippen MR) is 104 cm³/mol.